The Balaban J connectivity index is 1.74. The molecule has 6 nitrogen and oxygen atoms in total. The first kappa shape index (κ1) is 14.7. The Kier molecular flexibility index (Phi) is 4.05. The van der Waals surface area contributed by atoms with Crippen molar-refractivity contribution in [1.82, 2.24) is 0 Å². The smallest absolute Gasteiger partial charge is 0.190 e. The van der Waals surface area contributed by atoms with Gasteiger partial charge in [0.15, 0.2) is 18.9 Å². The quantitative estimate of drug-likeness (QED) is 0.831. The second kappa shape index (κ2) is 5.51. The van der Waals surface area contributed by atoms with Crippen LogP contribution >= 0.6 is 0 Å². The van der Waals surface area contributed by atoms with Crippen LogP contribution in [0.1, 0.15) is 27.7 Å². The molecule has 3 aliphatic heterocycles. The lowest BCUT2D eigenvalue weighted by Crippen LogP contribution is -2.54. The maximum absolute atomic E-state index is 9.50. The van der Waals surface area contributed by atoms with E-state index in [9.17, 15) is 5.11 Å². The van der Waals surface area contributed by atoms with Crippen LogP contribution in [0, 0.1) is 11.8 Å². The molecule has 20 heavy (non-hydrogen) atoms. The molecule has 3 saturated heterocycles. The van der Waals surface area contributed by atoms with Crippen LogP contribution in [0.2, 0.25) is 0 Å². The molecular formula is C14H24O6. The van der Waals surface area contributed by atoms with E-state index in [0.717, 1.165) is 0 Å². The highest BCUT2D eigenvalue weighted by Crippen LogP contribution is 2.41. The van der Waals surface area contributed by atoms with Crippen LogP contribution in [0.5, 0.6) is 0 Å². The van der Waals surface area contributed by atoms with Crippen LogP contribution in [-0.2, 0) is 23.7 Å². The number of hydrogen-bond acceptors (Lipinski definition) is 6. The lowest BCUT2D eigenvalue weighted by molar-refractivity contribution is -0.313. The fourth-order valence-corrected chi connectivity index (χ4v) is 2.89. The average molecular weight is 288 g/mol. The molecule has 0 spiro atoms. The van der Waals surface area contributed by atoms with Gasteiger partial charge in [0, 0.05) is 11.8 Å². The molecular weight excluding hydrogens is 264 g/mol. The molecule has 0 amide bonds. The Hall–Kier alpha value is -0.240. The Bertz CT molecular complexity index is 347. The molecule has 0 aromatic carbocycles. The summed E-state index contributed by atoms with van der Waals surface area (Å²) < 4.78 is 29.3. The van der Waals surface area contributed by atoms with Gasteiger partial charge in [0.2, 0.25) is 0 Å². The fourth-order valence-electron chi connectivity index (χ4n) is 2.89. The normalized spacial score (nSPS) is 47.9. The summed E-state index contributed by atoms with van der Waals surface area (Å²) in [6.07, 6.45) is -2.26. The van der Waals surface area contributed by atoms with Crippen molar-refractivity contribution in [3.63, 3.8) is 0 Å². The molecule has 116 valence electrons. The first-order valence-corrected chi connectivity index (χ1v) is 7.39. The standard InChI is InChI=1S/C14H24O6/c1-6(2)12-16-8(5-15)9-10(18-12)11-14(17-9)20-13(19-11)7(3)4/h6-15H,5H2,1-4H3. The minimum atomic E-state index is -0.430. The lowest BCUT2D eigenvalue weighted by Gasteiger charge is -2.40. The van der Waals surface area contributed by atoms with Crippen molar-refractivity contribution in [3.05, 3.63) is 0 Å². The summed E-state index contributed by atoms with van der Waals surface area (Å²) in [5, 5.41) is 9.50. The molecule has 0 radical (unpaired) electrons. The Morgan fingerprint density at radius 3 is 1.95 bits per heavy atom. The molecule has 3 aliphatic rings. The predicted octanol–water partition coefficient (Wildman–Crippen LogP) is 0.867. The van der Waals surface area contributed by atoms with Gasteiger partial charge in [-0.15, -0.1) is 0 Å². The molecule has 3 heterocycles. The Morgan fingerprint density at radius 2 is 1.35 bits per heavy atom. The van der Waals surface area contributed by atoms with E-state index in [1.165, 1.54) is 0 Å². The van der Waals surface area contributed by atoms with E-state index in [-0.39, 0.29) is 49.3 Å². The van der Waals surface area contributed by atoms with Crippen molar-refractivity contribution in [1.29, 1.82) is 0 Å². The van der Waals surface area contributed by atoms with Crippen molar-refractivity contribution in [2.75, 3.05) is 6.61 Å². The van der Waals surface area contributed by atoms with E-state index >= 15 is 0 Å². The van der Waals surface area contributed by atoms with Gasteiger partial charge in [-0.25, -0.2) is 0 Å². The minimum absolute atomic E-state index is 0.0964. The van der Waals surface area contributed by atoms with Crippen molar-refractivity contribution in [2.24, 2.45) is 11.8 Å². The Morgan fingerprint density at radius 1 is 0.750 bits per heavy atom. The van der Waals surface area contributed by atoms with Gasteiger partial charge in [-0.3, -0.25) is 0 Å². The zero-order valence-corrected chi connectivity index (χ0v) is 12.4. The second-order valence-electron chi connectivity index (χ2n) is 6.39. The molecule has 3 rings (SSSR count). The predicted molar refractivity (Wildman–Crippen MR) is 68.7 cm³/mol. The summed E-state index contributed by atoms with van der Waals surface area (Å²) in [4.78, 5) is 0. The topological polar surface area (TPSA) is 66.4 Å². The molecule has 0 aliphatic carbocycles. The third-order valence-corrected chi connectivity index (χ3v) is 4.00. The summed E-state index contributed by atoms with van der Waals surface area (Å²) >= 11 is 0. The van der Waals surface area contributed by atoms with Gasteiger partial charge in [-0.1, -0.05) is 27.7 Å². The van der Waals surface area contributed by atoms with Crippen molar-refractivity contribution in [3.8, 4) is 0 Å². The van der Waals surface area contributed by atoms with Crippen LogP contribution in [-0.4, -0.2) is 55.0 Å². The van der Waals surface area contributed by atoms with Gasteiger partial charge >= 0.3 is 0 Å². The zero-order chi connectivity index (χ0) is 14.4. The first-order chi connectivity index (χ1) is 9.51. The van der Waals surface area contributed by atoms with Gasteiger partial charge in [-0.2, -0.15) is 0 Å². The molecule has 0 aromatic rings. The van der Waals surface area contributed by atoms with Crippen molar-refractivity contribution in [2.45, 2.75) is 71.0 Å². The zero-order valence-electron chi connectivity index (χ0n) is 12.4. The third-order valence-electron chi connectivity index (χ3n) is 4.00. The van der Waals surface area contributed by atoms with Crippen molar-refractivity contribution >= 4 is 0 Å². The Labute approximate surface area is 119 Å². The second-order valence-corrected chi connectivity index (χ2v) is 6.39. The highest BCUT2D eigenvalue weighted by molar-refractivity contribution is 4.98. The van der Waals surface area contributed by atoms with Crippen LogP contribution in [0.3, 0.4) is 0 Å². The number of ether oxygens (including phenoxy) is 5. The number of fused-ring (bicyclic) bond motifs is 3. The van der Waals surface area contributed by atoms with E-state index in [1.807, 2.05) is 27.7 Å². The van der Waals surface area contributed by atoms with Crippen LogP contribution < -0.4 is 0 Å². The highest BCUT2D eigenvalue weighted by atomic mass is 16.8. The molecule has 0 saturated carbocycles. The van der Waals surface area contributed by atoms with Gasteiger partial charge in [0.25, 0.3) is 0 Å². The van der Waals surface area contributed by atoms with Gasteiger partial charge in [-0.05, 0) is 0 Å². The molecule has 0 bridgehead atoms. The summed E-state index contributed by atoms with van der Waals surface area (Å²) in [5.41, 5.74) is 0. The van der Waals surface area contributed by atoms with Gasteiger partial charge < -0.3 is 28.8 Å². The number of aliphatic hydroxyl groups excluding tert-OH is 1. The molecule has 1 N–H and O–H groups in total. The summed E-state index contributed by atoms with van der Waals surface area (Å²) in [6, 6.07) is 0. The summed E-state index contributed by atoms with van der Waals surface area (Å²) in [5.74, 6) is 0.462. The van der Waals surface area contributed by atoms with E-state index < -0.39 is 12.4 Å². The minimum Gasteiger partial charge on any atom is -0.394 e. The van der Waals surface area contributed by atoms with E-state index in [1.54, 1.807) is 0 Å². The molecule has 7 unspecified atom stereocenters. The average Bonchev–Trinajstić information content (AvgIpc) is 2.94. The van der Waals surface area contributed by atoms with Crippen LogP contribution in [0.25, 0.3) is 0 Å². The van der Waals surface area contributed by atoms with E-state index in [4.69, 9.17) is 23.7 Å². The van der Waals surface area contributed by atoms with Crippen LogP contribution in [0.15, 0.2) is 0 Å². The highest BCUT2D eigenvalue weighted by Gasteiger charge is 2.58. The molecule has 7 atom stereocenters. The molecule has 6 heteroatoms. The maximum atomic E-state index is 9.50. The first-order valence-electron chi connectivity index (χ1n) is 7.39. The number of aliphatic hydroxyl groups is 1. The van der Waals surface area contributed by atoms with E-state index in [0.29, 0.717) is 0 Å². The molecule has 0 aromatic heterocycles. The lowest BCUT2D eigenvalue weighted by atomic mass is 10.0. The summed E-state index contributed by atoms with van der Waals surface area (Å²) in [6.45, 7) is 8.04. The van der Waals surface area contributed by atoms with Crippen molar-refractivity contribution < 1.29 is 28.8 Å². The summed E-state index contributed by atoms with van der Waals surface area (Å²) in [7, 11) is 0. The SMILES string of the molecule is CC(C)C1OC2OC3C(CO)OC(C(C)C)OC3C2O1. The molecule has 3 fully saturated rings. The number of rotatable bonds is 3. The fraction of sp³-hybridized carbons (Fsp3) is 1.00. The third kappa shape index (κ3) is 2.38. The van der Waals surface area contributed by atoms with Gasteiger partial charge in [0.05, 0.1) is 6.61 Å². The van der Waals surface area contributed by atoms with Crippen LogP contribution in [0.4, 0.5) is 0 Å². The van der Waals surface area contributed by atoms with Gasteiger partial charge in [0.1, 0.15) is 24.4 Å². The monoisotopic (exact) mass is 288 g/mol. The maximum Gasteiger partial charge on any atom is 0.190 e. The van der Waals surface area contributed by atoms with E-state index in [2.05, 4.69) is 0 Å². The largest absolute Gasteiger partial charge is 0.394 e. The number of hydrogen-bond donors (Lipinski definition) is 1.